The molecule has 4 aromatic rings. The Morgan fingerprint density at radius 2 is 1.56 bits per heavy atom. The number of fused-ring (bicyclic) bond motifs is 1. The van der Waals surface area contributed by atoms with Crippen LogP contribution in [0.15, 0.2) is 96.1 Å². The van der Waals surface area contributed by atoms with Crippen molar-refractivity contribution in [2.45, 2.75) is 13.0 Å². The lowest BCUT2D eigenvalue weighted by Gasteiger charge is -2.13. The number of methoxy groups -OCH3 is 1. The summed E-state index contributed by atoms with van der Waals surface area (Å²) in [5.74, 6) is 0.962. The standard InChI is InChI=1S/C27H24N2O3/c1-19(32-23-15-12-21(13-16-23)20-8-4-3-5-9-20)27(30)29-28-18-25-24-11-7-6-10-22(24)14-17-26(25)31-2/h3-19H,1-2H3,(H,29,30)/t19-/m1/s1. The Morgan fingerprint density at radius 3 is 2.31 bits per heavy atom. The number of benzene rings is 4. The van der Waals surface area contributed by atoms with E-state index in [0.717, 1.165) is 27.5 Å². The molecule has 0 aliphatic carbocycles. The van der Waals surface area contributed by atoms with E-state index in [1.807, 2.05) is 78.9 Å². The van der Waals surface area contributed by atoms with Crippen LogP contribution in [0.2, 0.25) is 0 Å². The predicted octanol–water partition coefficient (Wildman–Crippen LogP) is 5.43. The van der Waals surface area contributed by atoms with E-state index in [1.165, 1.54) is 0 Å². The SMILES string of the molecule is COc1ccc2ccccc2c1C=NNC(=O)[C@@H](C)Oc1ccc(-c2ccccc2)cc1. The minimum atomic E-state index is -0.705. The summed E-state index contributed by atoms with van der Waals surface area (Å²) >= 11 is 0. The molecule has 0 saturated heterocycles. The zero-order chi connectivity index (χ0) is 22.3. The van der Waals surface area contributed by atoms with Crippen LogP contribution in [0.25, 0.3) is 21.9 Å². The number of amides is 1. The minimum Gasteiger partial charge on any atom is -0.496 e. The number of hydrazone groups is 1. The fourth-order valence-electron chi connectivity index (χ4n) is 3.45. The van der Waals surface area contributed by atoms with Crippen LogP contribution in [0, 0.1) is 0 Å². The normalized spacial score (nSPS) is 11.9. The van der Waals surface area contributed by atoms with Gasteiger partial charge in [0.05, 0.1) is 13.3 Å². The van der Waals surface area contributed by atoms with Gasteiger partial charge in [0.1, 0.15) is 11.5 Å². The van der Waals surface area contributed by atoms with E-state index in [4.69, 9.17) is 9.47 Å². The number of carbonyl (C=O) groups excluding carboxylic acids is 1. The first-order chi connectivity index (χ1) is 15.7. The molecule has 0 aromatic heterocycles. The summed E-state index contributed by atoms with van der Waals surface area (Å²) in [4.78, 5) is 12.5. The number of hydrogen-bond acceptors (Lipinski definition) is 4. The maximum atomic E-state index is 12.5. The van der Waals surface area contributed by atoms with Crippen LogP contribution in [0.4, 0.5) is 0 Å². The van der Waals surface area contributed by atoms with Gasteiger partial charge < -0.3 is 9.47 Å². The molecule has 1 atom stereocenters. The van der Waals surface area contributed by atoms with Gasteiger partial charge in [-0.2, -0.15) is 5.10 Å². The van der Waals surface area contributed by atoms with Crippen LogP contribution in [-0.4, -0.2) is 25.3 Å². The molecule has 160 valence electrons. The van der Waals surface area contributed by atoms with E-state index in [2.05, 4.69) is 22.7 Å². The molecule has 4 aromatic carbocycles. The van der Waals surface area contributed by atoms with Gasteiger partial charge in [-0.3, -0.25) is 4.79 Å². The summed E-state index contributed by atoms with van der Waals surface area (Å²) in [5, 5.41) is 6.19. The summed E-state index contributed by atoms with van der Waals surface area (Å²) in [6, 6.07) is 29.6. The van der Waals surface area contributed by atoms with Crippen LogP contribution in [-0.2, 0) is 4.79 Å². The second-order valence-corrected chi connectivity index (χ2v) is 7.29. The van der Waals surface area contributed by atoms with Gasteiger partial charge in [-0.25, -0.2) is 5.43 Å². The highest BCUT2D eigenvalue weighted by Gasteiger charge is 2.14. The molecule has 1 amide bonds. The smallest absolute Gasteiger partial charge is 0.280 e. The van der Waals surface area contributed by atoms with Crippen molar-refractivity contribution >= 4 is 22.9 Å². The van der Waals surface area contributed by atoms with Crippen molar-refractivity contribution in [3.05, 3.63) is 96.6 Å². The van der Waals surface area contributed by atoms with Crippen molar-refractivity contribution in [3.63, 3.8) is 0 Å². The van der Waals surface area contributed by atoms with E-state index in [9.17, 15) is 4.79 Å². The summed E-state index contributed by atoms with van der Waals surface area (Å²) in [6.45, 7) is 1.69. The zero-order valence-corrected chi connectivity index (χ0v) is 18.0. The fraction of sp³-hybridized carbons (Fsp3) is 0.111. The molecular weight excluding hydrogens is 400 g/mol. The Morgan fingerprint density at radius 1 is 0.875 bits per heavy atom. The summed E-state index contributed by atoms with van der Waals surface area (Å²) in [5.41, 5.74) is 5.57. The van der Waals surface area contributed by atoms with Crippen LogP contribution in [0.5, 0.6) is 11.5 Å². The lowest BCUT2D eigenvalue weighted by Crippen LogP contribution is -2.33. The predicted molar refractivity (Wildman–Crippen MR) is 128 cm³/mol. The first-order valence-corrected chi connectivity index (χ1v) is 10.4. The number of hydrogen-bond donors (Lipinski definition) is 1. The molecule has 0 fully saturated rings. The van der Waals surface area contributed by atoms with E-state index < -0.39 is 6.10 Å². The Kier molecular flexibility index (Phi) is 6.46. The summed E-state index contributed by atoms with van der Waals surface area (Å²) in [6.07, 6.45) is 0.893. The van der Waals surface area contributed by atoms with Gasteiger partial charge in [0, 0.05) is 5.56 Å². The topological polar surface area (TPSA) is 59.9 Å². The molecular formula is C27H24N2O3. The van der Waals surface area contributed by atoms with E-state index in [1.54, 1.807) is 20.2 Å². The Balaban J connectivity index is 1.40. The van der Waals surface area contributed by atoms with Gasteiger partial charge in [0.15, 0.2) is 6.10 Å². The number of carbonyl (C=O) groups is 1. The third-order valence-electron chi connectivity index (χ3n) is 5.16. The Labute approximate surface area is 187 Å². The van der Waals surface area contributed by atoms with Crippen molar-refractivity contribution in [2.75, 3.05) is 7.11 Å². The third-order valence-corrected chi connectivity index (χ3v) is 5.16. The average molecular weight is 425 g/mol. The minimum absolute atomic E-state index is 0.340. The molecule has 0 aliphatic heterocycles. The molecule has 4 rings (SSSR count). The van der Waals surface area contributed by atoms with Crippen molar-refractivity contribution in [3.8, 4) is 22.6 Å². The Hall–Kier alpha value is -4.12. The van der Waals surface area contributed by atoms with Gasteiger partial charge in [0.2, 0.25) is 0 Å². The number of nitrogens with one attached hydrogen (secondary N) is 1. The highest BCUT2D eigenvalue weighted by Crippen LogP contribution is 2.26. The fourth-order valence-corrected chi connectivity index (χ4v) is 3.45. The maximum absolute atomic E-state index is 12.5. The Bertz CT molecular complexity index is 1230. The molecule has 5 heteroatoms. The van der Waals surface area contributed by atoms with E-state index in [0.29, 0.717) is 11.5 Å². The monoisotopic (exact) mass is 424 g/mol. The molecule has 32 heavy (non-hydrogen) atoms. The number of rotatable bonds is 7. The molecule has 0 saturated carbocycles. The zero-order valence-electron chi connectivity index (χ0n) is 18.0. The molecule has 0 heterocycles. The van der Waals surface area contributed by atoms with Gasteiger partial charge in [-0.1, -0.05) is 72.8 Å². The lowest BCUT2D eigenvalue weighted by atomic mass is 10.0. The van der Waals surface area contributed by atoms with Crippen molar-refractivity contribution < 1.29 is 14.3 Å². The van der Waals surface area contributed by atoms with E-state index >= 15 is 0 Å². The summed E-state index contributed by atoms with van der Waals surface area (Å²) in [7, 11) is 1.61. The third kappa shape index (κ3) is 4.78. The van der Waals surface area contributed by atoms with Crippen LogP contribution in [0.3, 0.4) is 0 Å². The second kappa shape index (κ2) is 9.79. The van der Waals surface area contributed by atoms with Gasteiger partial charge in [0.25, 0.3) is 5.91 Å². The van der Waals surface area contributed by atoms with E-state index in [-0.39, 0.29) is 5.91 Å². The molecule has 1 N–H and O–H groups in total. The molecule has 0 bridgehead atoms. The first kappa shape index (κ1) is 21.1. The number of ether oxygens (including phenoxy) is 2. The van der Waals surface area contributed by atoms with Gasteiger partial charge in [-0.05, 0) is 47.0 Å². The highest BCUT2D eigenvalue weighted by molar-refractivity contribution is 6.02. The number of nitrogens with zero attached hydrogens (tertiary/aromatic N) is 1. The molecule has 5 nitrogen and oxygen atoms in total. The quantitative estimate of drug-likeness (QED) is 0.318. The van der Waals surface area contributed by atoms with Crippen molar-refractivity contribution in [1.29, 1.82) is 0 Å². The van der Waals surface area contributed by atoms with Crippen LogP contribution in [0.1, 0.15) is 12.5 Å². The first-order valence-electron chi connectivity index (χ1n) is 10.4. The van der Waals surface area contributed by atoms with Crippen molar-refractivity contribution in [1.82, 2.24) is 5.43 Å². The molecule has 0 spiro atoms. The molecule has 0 aliphatic rings. The second-order valence-electron chi connectivity index (χ2n) is 7.29. The van der Waals surface area contributed by atoms with Gasteiger partial charge >= 0.3 is 0 Å². The average Bonchev–Trinajstić information content (AvgIpc) is 2.85. The largest absolute Gasteiger partial charge is 0.496 e. The van der Waals surface area contributed by atoms with Gasteiger partial charge in [-0.15, -0.1) is 0 Å². The maximum Gasteiger partial charge on any atom is 0.280 e. The highest BCUT2D eigenvalue weighted by atomic mass is 16.5. The molecule has 0 unspecified atom stereocenters. The van der Waals surface area contributed by atoms with Crippen molar-refractivity contribution in [2.24, 2.45) is 5.10 Å². The lowest BCUT2D eigenvalue weighted by molar-refractivity contribution is -0.127. The molecule has 0 radical (unpaired) electrons. The van der Waals surface area contributed by atoms with Crippen LogP contribution < -0.4 is 14.9 Å². The van der Waals surface area contributed by atoms with Crippen LogP contribution >= 0.6 is 0 Å². The summed E-state index contributed by atoms with van der Waals surface area (Å²) < 4.78 is 11.2.